The first-order chi connectivity index (χ1) is 14.6. The summed E-state index contributed by atoms with van der Waals surface area (Å²) in [6.07, 6.45) is 5.03. The van der Waals surface area contributed by atoms with Gasteiger partial charge in [0.25, 0.3) is 0 Å². The Kier molecular flexibility index (Phi) is 27.3. The number of benzene rings is 1. The molecule has 1 aliphatic carbocycles. The molecule has 208 valence electrons. The number of hydrogen-bond donors (Lipinski definition) is 1. The summed E-state index contributed by atoms with van der Waals surface area (Å²) >= 11 is 0. The fraction of sp³-hybridized carbons (Fsp3) is 0.692. The average molecular weight is 570 g/mol. The molecule has 5 nitrogen and oxygen atoms in total. The summed E-state index contributed by atoms with van der Waals surface area (Å²) in [5.74, 6) is 3.21. The van der Waals surface area contributed by atoms with Gasteiger partial charge in [0.2, 0.25) is 0 Å². The number of ether oxygens (including phenoxy) is 2. The SMILES string of the molecule is CC1CC(C)C(C)C(C)C1.CCC(COC(=O)CCCc1ccc(N)cc1)OC(C)=O.P.P.P.P. The van der Waals surface area contributed by atoms with Crippen LogP contribution in [0.1, 0.15) is 79.2 Å². The van der Waals surface area contributed by atoms with Crippen LogP contribution in [0, 0.1) is 23.7 Å². The molecule has 7 unspecified atom stereocenters. The van der Waals surface area contributed by atoms with Crippen LogP contribution >= 0.6 is 39.6 Å². The summed E-state index contributed by atoms with van der Waals surface area (Å²) in [7, 11) is 0. The molecule has 0 heterocycles. The summed E-state index contributed by atoms with van der Waals surface area (Å²) < 4.78 is 10.1. The second kappa shape index (κ2) is 22.8. The Labute approximate surface area is 228 Å². The molecule has 0 radical (unpaired) electrons. The van der Waals surface area contributed by atoms with E-state index in [2.05, 4.69) is 27.7 Å². The van der Waals surface area contributed by atoms with E-state index in [0.717, 1.165) is 41.3 Å². The molecule has 35 heavy (non-hydrogen) atoms. The second-order valence-corrected chi connectivity index (χ2v) is 9.31. The lowest BCUT2D eigenvalue weighted by Crippen LogP contribution is -2.26. The average Bonchev–Trinajstić information content (AvgIpc) is 2.71. The van der Waals surface area contributed by atoms with Gasteiger partial charge in [0.1, 0.15) is 12.7 Å². The van der Waals surface area contributed by atoms with E-state index < -0.39 is 0 Å². The van der Waals surface area contributed by atoms with Crippen LogP contribution in [0.4, 0.5) is 5.69 Å². The van der Waals surface area contributed by atoms with Gasteiger partial charge in [-0.15, -0.1) is 0 Å². The van der Waals surface area contributed by atoms with Crippen molar-refractivity contribution < 1.29 is 19.1 Å². The Morgan fingerprint density at radius 2 is 1.49 bits per heavy atom. The molecule has 1 aromatic rings. The first-order valence-corrected chi connectivity index (χ1v) is 11.8. The molecule has 0 aromatic heterocycles. The summed E-state index contributed by atoms with van der Waals surface area (Å²) in [6, 6.07) is 7.60. The molecule has 7 atom stereocenters. The molecule has 0 amide bonds. The molecule has 1 fully saturated rings. The van der Waals surface area contributed by atoms with E-state index in [0.29, 0.717) is 19.3 Å². The number of anilines is 1. The zero-order chi connectivity index (χ0) is 23.4. The van der Waals surface area contributed by atoms with Crippen LogP contribution in [0.15, 0.2) is 24.3 Å². The second-order valence-electron chi connectivity index (χ2n) is 9.31. The van der Waals surface area contributed by atoms with E-state index in [-0.39, 0.29) is 64.2 Å². The van der Waals surface area contributed by atoms with Gasteiger partial charge in [0.05, 0.1) is 0 Å². The van der Waals surface area contributed by atoms with Crippen molar-refractivity contribution >= 4 is 57.2 Å². The van der Waals surface area contributed by atoms with Gasteiger partial charge in [0.15, 0.2) is 0 Å². The van der Waals surface area contributed by atoms with Crippen molar-refractivity contribution in [1.29, 1.82) is 0 Å². The van der Waals surface area contributed by atoms with Crippen molar-refractivity contribution in [2.75, 3.05) is 12.3 Å². The van der Waals surface area contributed by atoms with Crippen molar-refractivity contribution in [3.8, 4) is 0 Å². The summed E-state index contributed by atoms with van der Waals surface area (Å²) in [5.41, 5.74) is 7.48. The minimum atomic E-state index is -0.360. The van der Waals surface area contributed by atoms with Crippen molar-refractivity contribution in [2.24, 2.45) is 23.7 Å². The third-order valence-electron chi connectivity index (χ3n) is 6.39. The lowest BCUT2D eigenvalue weighted by atomic mass is 9.71. The molecular formula is C26H55NO4P4. The Morgan fingerprint density at radius 3 is 1.94 bits per heavy atom. The lowest BCUT2D eigenvalue weighted by Gasteiger charge is -2.35. The zero-order valence-electron chi connectivity index (χ0n) is 23.2. The topological polar surface area (TPSA) is 78.6 Å². The number of carbonyl (C=O) groups excluding carboxylic acids is 2. The van der Waals surface area contributed by atoms with Gasteiger partial charge in [-0.1, -0.05) is 46.8 Å². The Balaban J connectivity index is -0.000000294. The number of nitrogen functional groups attached to an aromatic ring is 1. The van der Waals surface area contributed by atoms with Gasteiger partial charge in [-0.05, 0) is 73.5 Å². The zero-order valence-corrected chi connectivity index (χ0v) is 28.8. The van der Waals surface area contributed by atoms with E-state index >= 15 is 0 Å². The van der Waals surface area contributed by atoms with Crippen LogP contribution in [-0.2, 0) is 25.5 Å². The van der Waals surface area contributed by atoms with Crippen LogP contribution in [0.5, 0.6) is 0 Å². The normalized spacial score (nSPS) is 21.1. The molecule has 1 saturated carbocycles. The Morgan fingerprint density at radius 1 is 0.971 bits per heavy atom. The first kappa shape index (κ1) is 41.8. The number of aryl methyl sites for hydroxylation is 1. The smallest absolute Gasteiger partial charge is 0.305 e. The maximum Gasteiger partial charge on any atom is 0.305 e. The van der Waals surface area contributed by atoms with Crippen molar-refractivity contribution in [3.05, 3.63) is 29.8 Å². The molecule has 1 aliphatic rings. The van der Waals surface area contributed by atoms with Gasteiger partial charge in [-0.2, -0.15) is 39.6 Å². The van der Waals surface area contributed by atoms with Crippen molar-refractivity contribution in [1.82, 2.24) is 0 Å². The molecule has 0 bridgehead atoms. The molecule has 0 saturated heterocycles. The van der Waals surface area contributed by atoms with Gasteiger partial charge in [-0.3, -0.25) is 9.59 Å². The maximum absolute atomic E-state index is 11.6. The van der Waals surface area contributed by atoms with Crippen LogP contribution < -0.4 is 5.73 Å². The van der Waals surface area contributed by atoms with Crippen LogP contribution in [-0.4, -0.2) is 24.6 Å². The molecular weight excluding hydrogens is 514 g/mol. The highest BCUT2D eigenvalue weighted by Crippen LogP contribution is 2.36. The lowest BCUT2D eigenvalue weighted by molar-refractivity contribution is -0.157. The van der Waals surface area contributed by atoms with E-state index in [1.54, 1.807) is 0 Å². The minimum Gasteiger partial charge on any atom is -0.462 e. The number of hydrogen-bond acceptors (Lipinski definition) is 5. The van der Waals surface area contributed by atoms with Crippen molar-refractivity contribution in [3.63, 3.8) is 0 Å². The standard InChI is InChI=1S/C16H23NO4.C10H20.4H3P/c1-3-15(21-12(2)18)11-20-16(19)6-4-5-13-7-9-14(17)10-8-13;1-7-5-8(2)10(4)9(3)6-7;;;;/h7-10,15H,3-6,11,17H2,1-2H3;7-10H,5-6H2,1-4H3;4*1H3. The number of nitrogens with two attached hydrogens (primary N) is 1. The van der Waals surface area contributed by atoms with E-state index in [4.69, 9.17) is 15.2 Å². The van der Waals surface area contributed by atoms with Gasteiger partial charge < -0.3 is 15.2 Å². The van der Waals surface area contributed by atoms with E-state index in [1.165, 1.54) is 19.8 Å². The fourth-order valence-corrected chi connectivity index (χ4v) is 4.20. The van der Waals surface area contributed by atoms with Crippen LogP contribution in [0.3, 0.4) is 0 Å². The highest BCUT2D eigenvalue weighted by Gasteiger charge is 2.27. The van der Waals surface area contributed by atoms with Gasteiger partial charge in [-0.25, -0.2) is 0 Å². The van der Waals surface area contributed by atoms with Crippen LogP contribution in [0.2, 0.25) is 0 Å². The van der Waals surface area contributed by atoms with Crippen molar-refractivity contribution in [2.45, 2.75) is 86.2 Å². The molecule has 0 spiro atoms. The predicted molar refractivity (Wildman–Crippen MR) is 171 cm³/mol. The van der Waals surface area contributed by atoms with E-state index in [1.807, 2.05) is 31.2 Å². The summed E-state index contributed by atoms with van der Waals surface area (Å²) in [6.45, 7) is 12.9. The first-order valence-electron chi connectivity index (χ1n) is 11.8. The predicted octanol–water partition coefficient (Wildman–Crippen LogP) is 6.03. The number of esters is 2. The summed E-state index contributed by atoms with van der Waals surface area (Å²) in [5, 5.41) is 0. The fourth-order valence-electron chi connectivity index (χ4n) is 4.20. The molecule has 2 rings (SSSR count). The van der Waals surface area contributed by atoms with Gasteiger partial charge >= 0.3 is 11.9 Å². The Bertz CT molecular complexity index is 664. The number of carbonyl (C=O) groups is 2. The largest absolute Gasteiger partial charge is 0.462 e. The molecule has 9 heteroatoms. The monoisotopic (exact) mass is 569 g/mol. The molecule has 2 N–H and O–H groups in total. The summed E-state index contributed by atoms with van der Waals surface area (Å²) in [4.78, 5) is 22.4. The maximum atomic E-state index is 11.6. The van der Waals surface area contributed by atoms with E-state index in [9.17, 15) is 9.59 Å². The van der Waals surface area contributed by atoms with Gasteiger partial charge in [0, 0.05) is 19.0 Å². The highest BCUT2D eigenvalue weighted by molar-refractivity contribution is 6.92. The minimum absolute atomic E-state index is 0. The Hall–Kier alpha value is -0.320. The third kappa shape index (κ3) is 18.6. The third-order valence-corrected chi connectivity index (χ3v) is 6.39. The van der Waals surface area contributed by atoms with Crippen LogP contribution in [0.25, 0.3) is 0 Å². The number of rotatable bonds is 8. The molecule has 0 aliphatic heterocycles. The highest BCUT2D eigenvalue weighted by atomic mass is 31.0. The molecule has 1 aromatic carbocycles. The quantitative estimate of drug-likeness (QED) is 0.235.